The van der Waals surface area contributed by atoms with Crippen LogP contribution in [0.3, 0.4) is 0 Å². The number of hydrogen-bond acceptors (Lipinski definition) is 3. The van der Waals surface area contributed by atoms with Gasteiger partial charge < -0.3 is 4.74 Å². The molecule has 12 heavy (non-hydrogen) atoms. The standard InChI is InChI=1S/C9H10N2O/c1-3-5-12-9-7-10-8(4-2)6-11-9/h1,6-7H,4-5H2,2H3. The lowest BCUT2D eigenvalue weighted by atomic mass is 10.4. The second-order valence-electron chi connectivity index (χ2n) is 2.19. The minimum atomic E-state index is 0.236. The third kappa shape index (κ3) is 2.24. The van der Waals surface area contributed by atoms with Crippen LogP contribution in [0.4, 0.5) is 0 Å². The molecule has 0 aliphatic heterocycles. The molecule has 0 saturated heterocycles. The molecule has 1 rings (SSSR count). The van der Waals surface area contributed by atoms with Gasteiger partial charge in [0.25, 0.3) is 0 Å². The van der Waals surface area contributed by atoms with Gasteiger partial charge in [0, 0.05) is 0 Å². The van der Waals surface area contributed by atoms with Crippen molar-refractivity contribution in [2.75, 3.05) is 6.61 Å². The highest BCUT2D eigenvalue weighted by molar-refractivity contribution is 5.07. The number of ether oxygens (including phenoxy) is 1. The summed E-state index contributed by atoms with van der Waals surface area (Å²) in [5, 5.41) is 0. The van der Waals surface area contributed by atoms with Gasteiger partial charge in [0.15, 0.2) is 6.61 Å². The fraction of sp³-hybridized carbons (Fsp3) is 0.333. The lowest BCUT2D eigenvalue weighted by Crippen LogP contribution is -1.97. The molecule has 0 amide bonds. The average molecular weight is 162 g/mol. The summed E-state index contributed by atoms with van der Waals surface area (Å²) in [6.07, 6.45) is 9.15. The van der Waals surface area contributed by atoms with Gasteiger partial charge in [-0.1, -0.05) is 12.8 Å². The summed E-state index contributed by atoms with van der Waals surface area (Å²) in [6.45, 7) is 2.26. The number of rotatable bonds is 3. The van der Waals surface area contributed by atoms with Crippen LogP contribution in [0.1, 0.15) is 12.6 Å². The predicted octanol–water partition coefficient (Wildman–Crippen LogP) is 1.05. The van der Waals surface area contributed by atoms with Crippen molar-refractivity contribution in [3.05, 3.63) is 18.1 Å². The molecule has 0 N–H and O–H groups in total. The second-order valence-corrected chi connectivity index (χ2v) is 2.19. The van der Waals surface area contributed by atoms with Crippen molar-refractivity contribution in [1.82, 2.24) is 9.97 Å². The van der Waals surface area contributed by atoms with Crippen LogP contribution in [0.2, 0.25) is 0 Å². The smallest absolute Gasteiger partial charge is 0.233 e. The zero-order valence-electron chi connectivity index (χ0n) is 6.95. The van der Waals surface area contributed by atoms with Gasteiger partial charge in [0.05, 0.1) is 18.1 Å². The largest absolute Gasteiger partial charge is 0.463 e. The van der Waals surface area contributed by atoms with Crippen molar-refractivity contribution in [2.45, 2.75) is 13.3 Å². The Morgan fingerprint density at radius 1 is 1.50 bits per heavy atom. The average Bonchev–Trinajstić information content (AvgIpc) is 2.15. The highest BCUT2D eigenvalue weighted by Gasteiger charge is 1.94. The number of aromatic nitrogens is 2. The highest BCUT2D eigenvalue weighted by Crippen LogP contribution is 2.03. The first-order chi connectivity index (χ1) is 5.86. The van der Waals surface area contributed by atoms with Crippen LogP contribution < -0.4 is 4.74 Å². The molecule has 62 valence electrons. The molecular weight excluding hydrogens is 152 g/mol. The van der Waals surface area contributed by atoms with Crippen LogP contribution in [0.5, 0.6) is 5.88 Å². The molecule has 0 saturated carbocycles. The lowest BCUT2D eigenvalue weighted by molar-refractivity contribution is 0.353. The van der Waals surface area contributed by atoms with Crippen molar-refractivity contribution >= 4 is 0 Å². The summed E-state index contributed by atoms with van der Waals surface area (Å²) in [6, 6.07) is 0. The number of nitrogens with zero attached hydrogens (tertiary/aromatic N) is 2. The zero-order chi connectivity index (χ0) is 8.81. The SMILES string of the molecule is C#CCOc1cnc(CC)cn1. The minimum Gasteiger partial charge on any atom is -0.463 e. The summed E-state index contributed by atoms with van der Waals surface area (Å²) >= 11 is 0. The van der Waals surface area contributed by atoms with Gasteiger partial charge in [0.2, 0.25) is 5.88 Å². The van der Waals surface area contributed by atoms with Gasteiger partial charge in [-0.25, -0.2) is 4.98 Å². The van der Waals surface area contributed by atoms with Gasteiger partial charge in [-0.2, -0.15) is 0 Å². The van der Waals surface area contributed by atoms with E-state index in [1.807, 2.05) is 6.92 Å². The summed E-state index contributed by atoms with van der Waals surface area (Å²) in [7, 11) is 0. The van der Waals surface area contributed by atoms with Crippen LogP contribution >= 0.6 is 0 Å². The number of terminal acetylenes is 1. The summed E-state index contributed by atoms with van der Waals surface area (Å²) in [5.41, 5.74) is 0.947. The fourth-order valence-electron chi connectivity index (χ4n) is 0.716. The van der Waals surface area contributed by atoms with E-state index in [1.165, 1.54) is 0 Å². The van der Waals surface area contributed by atoms with Gasteiger partial charge in [-0.15, -0.1) is 6.42 Å². The first-order valence-corrected chi connectivity index (χ1v) is 3.74. The maximum atomic E-state index is 5.04. The van der Waals surface area contributed by atoms with Crippen molar-refractivity contribution in [3.63, 3.8) is 0 Å². The fourth-order valence-corrected chi connectivity index (χ4v) is 0.716. The summed E-state index contributed by atoms with van der Waals surface area (Å²) < 4.78 is 5.04. The van der Waals surface area contributed by atoms with Crippen LogP contribution in [0.25, 0.3) is 0 Å². The summed E-state index contributed by atoms with van der Waals surface area (Å²) in [5.74, 6) is 2.83. The van der Waals surface area contributed by atoms with E-state index in [0.717, 1.165) is 12.1 Å². The zero-order valence-corrected chi connectivity index (χ0v) is 6.95. The molecule has 0 aliphatic carbocycles. The third-order valence-corrected chi connectivity index (χ3v) is 1.35. The number of hydrogen-bond donors (Lipinski definition) is 0. The van der Waals surface area contributed by atoms with E-state index in [0.29, 0.717) is 5.88 Å². The van der Waals surface area contributed by atoms with Crippen molar-refractivity contribution in [1.29, 1.82) is 0 Å². The first kappa shape index (κ1) is 8.54. The molecule has 3 heteroatoms. The topological polar surface area (TPSA) is 35.0 Å². The maximum absolute atomic E-state index is 5.04. The van der Waals surface area contributed by atoms with Gasteiger partial charge in [-0.05, 0) is 6.42 Å². The first-order valence-electron chi connectivity index (χ1n) is 3.74. The molecule has 0 spiro atoms. The molecule has 0 fully saturated rings. The van der Waals surface area contributed by atoms with E-state index in [9.17, 15) is 0 Å². The van der Waals surface area contributed by atoms with Crippen molar-refractivity contribution in [2.24, 2.45) is 0 Å². The van der Waals surface area contributed by atoms with E-state index in [2.05, 4.69) is 15.9 Å². The van der Waals surface area contributed by atoms with Crippen LogP contribution in [0.15, 0.2) is 12.4 Å². The Morgan fingerprint density at radius 3 is 2.83 bits per heavy atom. The normalized spacial score (nSPS) is 9.00. The Labute approximate surface area is 71.8 Å². The van der Waals surface area contributed by atoms with E-state index in [4.69, 9.17) is 11.2 Å². The maximum Gasteiger partial charge on any atom is 0.233 e. The van der Waals surface area contributed by atoms with E-state index in [-0.39, 0.29) is 6.61 Å². The monoisotopic (exact) mass is 162 g/mol. The molecule has 0 bridgehead atoms. The Hall–Kier alpha value is -1.56. The molecule has 1 aromatic rings. The quantitative estimate of drug-likeness (QED) is 0.623. The molecule has 0 radical (unpaired) electrons. The molecular formula is C9H10N2O. The molecule has 0 atom stereocenters. The second kappa shape index (κ2) is 4.35. The van der Waals surface area contributed by atoms with Crippen molar-refractivity contribution in [3.8, 4) is 18.2 Å². The summed E-state index contributed by atoms with van der Waals surface area (Å²) in [4.78, 5) is 8.10. The van der Waals surface area contributed by atoms with E-state index in [1.54, 1.807) is 12.4 Å². The number of aryl methyl sites for hydroxylation is 1. The molecule has 1 aromatic heterocycles. The van der Waals surface area contributed by atoms with Gasteiger partial charge in [-0.3, -0.25) is 4.98 Å². The Bertz CT molecular complexity index is 274. The predicted molar refractivity (Wildman–Crippen MR) is 45.7 cm³/mol. The Kier molecular flexibility index (Phi) is 3.09. The van der Waals surface area contributed by atoms with Crippen LogP contribution in [-0.2, 0) is 6.42 Å². The molecule has 1 heterocycles. The minimum absolute atomic E-state index is 0.236. The van der Waals surface area contributed by atoms with Crippen LogP contribution in [0, 0.1) is 12.3 Å². The van der Waals surface area contributed by atoms with Crippen molar-refractivity contribution < 1.29 is 4.74 Å². The third-order valence-electron chi connectivity index (χ3n) is 1.35. The van der Waals surface area contributed by atoms with E-state index >= 15 is 0 Å². The highest BCUT2D eigenvalue weighted by atomic mass is 16.5. The molecule has 3 nitrogen and oxygen atoms in total. The Morgan fingerprint density at radius 2 is 2.33 bits per heavy atom. The molecule has 0 aromatic carbocycles. The lowest BCUT2D eigenvalue weighted by Gasteiger charge is -2.00. The van der Waals surface area contributed by atoms with Crippen LogP contribution in [-0.4, -0.2) is 16.6 Å². The Balaban J connectivity index is 2.60. The molecule has 0 aliphatic rings. The van der Waals surface area contributed by atoms with Gasteiger partial charge >= 0.3 is 0 Å². The van der Waals surface area contributed by atoms with Gasteiger partial charge in [0.1, 0.15) is 0 Å². The van der Waals surface area contributed by atoms with E-state index < -0.39 is 0 Å². The molecule has 0 unspecified atom stereocenters.